The van der Waals surface area contributed by atoms with Crippen LogP contribution in [0.3, 0.4) is 0 Å². The van der Waals surface area contributed by atoms with Crippen LogP contribution in [-0.2, 0) is 16.0 Å². The number of esters is 1. The van der Waals surface area contributed by atoms with E-state index in [4.69, 9.17) is 10.5 Å². The van der Waals surface area contributed by atoms with Crippen molar-refractivity contribution < 1.29 is 14.3 Å². The number of hydrogen-bond donors (Lipinski definition) is 2. The average Bonchev–Trinajstić information content (AvgIpc) is 2.67. The monoisotopic (exact) mass is 388 g/mol. The molecular weight excluding hydrogens is 364 g/mol. The number of thioether (sulfide) groups is 1. The van der Waals surface area contributed by atoms with Gasteiger partial charge >= 0.3 is 5.97 Å². The van der Waals surface area contributed by atoms with Crippen LogP contribution in [0.15, 0.2) is 41.7 Å². The molecule has 7 nitrogen and oxygen atoms in total. The summed E-state index contributed by atoms with van der Waals surface area (Å²) >= 11 is 1.22. The molecular formula is C19H24N4O3S. The lowest BCUT2D eigenvalue weighted by Gasteiger charge is -2.14. The van der Waals surface area contributed by atoms with Gasteiger partial charge in [0.05, 0.1) is 11.9 Å². The van der Waals surface area contributed by atoms with Crippen LogP contribution in [0.5, 0.6) is 0 Å². The molecule has 1 aromatic carbocycles. The molecule has 0 aliphatic heterocycles. The van der Waals surface area contributed by atoms with Gasteiger partial charge in [-0.1, -0.05) is 49.0 Å². The van der Waals surface area contributed by atoms with E-state index in [1.165, 1.54) is 23.5 Å². The number of nitrogens with two attached hydrogens (primary N) is 1. The van der Waals surface area contributed by atoms with E-state index < -0.39 is 5.97 Å². The van der Waals surface area contributed by atoms with Crippen LogP contribution in [0.25, 0.3) is 0 Å². The number of nitrogens with one attached hydrogen (secondary N) is 1. The van der Waals surface area contributed by atoms with Crippen molar-refractivity contribution >= 4 is 29.5 Å². The Morgan fingerprint density at radius 3 is 2.63 bits per heavy atom. The second kappa shape index (κ2) is 10.5. The smallest absolute Gasteiger partial charge is 0.343 e. The molecule has 0 unspecified atom stereocenters. The Balaban J connectivity index is 1.92. The Kier molecular flexibility index (Phi) is 8.06. The summed E-state index contributed by atoms with van der Waals surface area (Å²) in [5.74, 6) is -0.586. The van der Waals surface area contributed by atoms with Gasteiger partial charge in [0.25, 0.3) is 0 Å². The summed E-state index contributed by atoms with van der Waals surface area (Å²) in [6, 6.07) is 9.97. The minimum Gasteiger partial charge on any atom is -0.462 e. The number of nitrogens with zero attached hydrogens (tertiary/aromatic N) is 2. The van der Waals surface area contributed by atoms with E-state index in [9.17, 15) is 9.59 Å². The summed E-state index contributed by atoms with van der Waals surface area (Å²) in [6.07, 6.45) is 2.72. The number of aromatic nitrogens is 2. The minimum atomic E-state index is -0.558. The standard InChI is InChI=1S/C19H24N4O3S/c1-3-15(17(24)21-11-10-13-8-6-5-7-9-13)27-19-22-12-14(16(20)23-19)18(25)26-4-2/h5-9,12,15H,3-4,10-11H2,1-2H3,(H,21,24)(H2,20,22,23)/t15-/m1/s1. The first-order chi connectivity index (χ1) is 13.0. The highest BCUT2D eigenvalue weighted by Gasteiger charge is 2.20. The Morgan fingerprint density at radius 2 is 2.00 bits per heavy atom. The minimum absolute atomic E-state index is 0.0466. The fourth-order valence-electron chi connectivity index (χ4n) is 2.34. The Labute approximate surface area is 163 Å². The Bertz CT molecular complexity index is 771. The van der Waals surface area contributed by atoms with Crippen LogP contribution in [0.2, 0.25) is 0 Å². The molecule has 8 heteroatoms. The number of carbonyl (C=O) groups excluding carboxylic acids is 2. The first-order valence-electron chi connectivity index (χ1n) is 8.83. The van der Waals surface area contributed by atoms with Crippen molar-refractivity contribution in [2.24, 2.45) is 0 Å². The van der Waals surface area contributed by atoms with Gasteiger partial charge < -0.3 is 15.8 Å². The zero-order valence-electron chi connectivity index (χ0n) is 15.5. The Hall–Kier alpha value is -2.61. The zero-order valence-corrected chi connectivity index (χ0v) is 16.3. The molecule has 1 aromatic heterocycles. The molecule has 1 heterocycles. The SMILES string of the molecule is CCOC(=O)c1cnc(S[C@H](CC)C(=O)NCCc2ccccc2)nc1N. The normalized spacial score (nSPS) is 11.6. The molecule has 0 aliphatic carbocycles. The van der Waals surface area contributed by atoms with Gasteiger partial charge in [0.1, 0.15) is 11.4 Å². The lowest BCUT2D eigenvalue weighted by atomic mass is 10.1. The van der Waals surface area contributed by atoms with Crippen LogP contribution in [0.1, 0.15) is 36.2 Å². The summed E-state index contributed by atoms with van der Waals surface area (Å²) < 4.78 is 4.90. The topological polar surface area (TPSA) is 107 Å². The highest BCUT2D eigenvalue weighted by atomic mass is 32.2. The first-order valence-corrected chi connectivity index (χ1v) is 9.71. The molecule has 3 N–H and O–H groups in total. The van der Waals surface area contributed by atoms with Crippen molar-refractivity contribution in [1.82, 2.24) is 15.3 Å². The van der Waals surface area contributed by atoms with E-state index in [0.717, 1.165) is 6.42 Å². The summed E-state index contributed by atoms with van der Waals surface area (Å²) in [5.41, 5.74) is 7.12. The second-order valence-corrected chi connectivity index (χ2v) is 6.88. The summed E-state index contributed by atoms with van der Waals surface area (Å²) in [7, 11) is 0. The zero-order chi connectivity index (χ0) is 19.6. The molecule has 0 aliphatic rings. The van der Waals surface area contributed by atoms with Crippen molar-refractivity contribution in [1.29, 1.82) is 0 Å². The van der Waals surface area contributed by atoms with Crippen LogP contribution in [0.4, 0.5) is 5.82 Å². The van der Waals surface area contributed by atoms with E-state index in [0.29, 0.717) is 18.1 Å². The highest BCUT2D eigenvalue weighted by Crippen LogP contribution is 2.24. The number of rotatable bonds is 9. The average molecular weight is 388 g/mol. The Morgan fingerprint density at radius 1 is 1.26 bits per heavy atom. The van der Waals surface area contributed by atoms with Crippen molar-refractivity contribution in [2.75, 3.05) is 18.9 Å². The highest BCUT2D eigenvalue weighted by molar-refractivity contribution is 8.00. The molecule has 0 saturated carbocycles. The van der Waals surface area contributed by atoms with Crippen LogP contribution in [-0.4, -0.2) is 40.2 Å². The largest absolute Gasteiger partial charge is 0.462 e. The van der Waals surface area contributed by atoms with Gasteiger partial charge in [-0.2, -0.15) is 0 Å². The van der Waals surface area contributed by atoms with Crippen molar-refractivity contribution in [2.45, 2.75) is 37.1 Å². The number of anilines is 1. The van der Waals surface area contributed by atoms with E-state index in [2.05, 4.69) is 15.3 Å². The molecule has 1 amide bonds. The van der Waals surface area contributed by atoms with Crippen molar-refractivity contribution in [3.05, 3.63) is 47.7 Å². The molecule has 0 radical (unpaired) electrons. The third kappa shape index (κ3) is 6.25. The van der Waals surface area contributed by atoms with Crippen molar-refractivity contribution in [3.63, 3.8) is 0 Å². The van der Waals surface area contributed by atoms with Gasteiger partial charge in [-0.3, -0.25) is 4.79 Å². The van der Waals surface area contributed by atoms with E-state index in [-0.39, 0.29) is 29.1 Å². The van der Waals surface area contributed by atoms with Gasteiger partial charge in [0, 0.05) is 12.7 Å². The maximum atomic E-state index is 12.4. The van der Waals surface area contributed by atoms with Crippen molar-refractivity contribution in [3.8, 4) is 0 Å². The molecule has 0 bridgehead atoms. The fourth-order valence-corrected chi connectivity index (χ4v) is 3.22. The third-order valence-electron chi connectivity index (χ3n) is 3.76. The third-order valence-corrected chi connectivity index (χ3v) is 5.00. The predicted octanol–water partition coefficient (Wildman–Crippen LogP) is 2.47. The number of amides is 1. The van der Waals surface area contributed by atoms with E-state index in [1.54, 1.807) is 6.92 Å². The van der Waals surface area contributed by atoms with Gasteiger partial charge in [-0.25, -0.2) is 14.8 Å². The summed E-state index contributed by atoms with van der Waals surface area (Å²) in [6.45, 7) is 4.44. The molecule has 0 fully saturated rings. The molecule has 1 atom stereocenters. The molecule has 27 heavy (non-hydrogen) atoms. The number of nitrogen functional groups attached to an aromatic ring is 1. The van der Waals surface area contributed by atoms with E-state index in [1.807, 2.05) is 37.3 Å². The molecule has 0 spiro atoms. The van der Waals surface area contributed by atoms with Gasteiger partial charge in [0.2, 0.25) is 5.91 Å². The van der Waals surface area contributed by atoms with Crippen LogP contribution in [0, 0.1) is 0 Å². The molecule has 144 valence electrons. The lowest BCUT2D eigenvalue weighted by Crippen LogP contribution is -2.33. The van der Waals surface area contributed by atoms with Crippen LogP contribution >= 0.6 is 11.8 Å². The maximum absolute atomic E-state index is 12.4. The quantitative estimate of drug-likeness (QED) is 0.386. The van der Waals surface area contributed by atoms with Gasteiger partial charge in [0.15, 0.2) is 5.16 Å². The van der Waals surface area contributed by atoms with E-state index >= 15 is 0 Å². The summed E-state index contributed by atoms with van der Waals surface area (Å²) in [4.78, 5) is 32.4. The second-order valence-electron chi connectivity index (χ2n) is 5.71. The maximum Gasteiger partial charge on any atom is 0.343 e. The van der Waals surface area contributed by atoms with Gasteiger partial charge in [-0.05, 0) is 25.3 Å². The molecule has 2 rings (SSSR count). The first kappa shape index (κ1) is 20.7. The van der Waals surface area contributed by atoms with Gasteiger partial charge in [-0.15, -0.1) is 0 Å². The number of ether oxygens (including phenoxy) is 1. The number of benzene rings is 1. The number of carbonyl (C=O) groups is 2. The summed E-state index contributed by atoms with van der Waals surface area (Å²) in [5, 5.41) is 2.96. The molecule has 0 saturated heterocycles. The molecule has 2 aromatic rings. The lowest BCUT2D eigenvalue weighted by molar-refractivity contribution is -0.120. The predicted molar refractivity (Wildman–Crippen MR) is 105 cm³/mol. The van der Waals surface area contributed by atoms with Crippen LogP contribution < -0.4 is 11.1 Å². The number of hydrogen-bond acceptors (Lipinski definition) is 7. The fraction of sp³-hybridized carbons (Fsp3) is 0.368.